The molecule has 22 heavy (non-hydrogen) atoms. The van der Waals surface area contributed by atoms with Gasteiger partial charge < -0.3 is 10.0 Å². The van der Waals surface area contributed by atoms with Crippen LogP contribution in [0.2, 0.25) is 0 Å². The lowest BCUT2D eigenvalue weighted by Crippen LogP contribution is -2.35. The molecule has 1 aliphatic heterocycles. The van der Waals surface area contributed by atoms with Crippen LogP contribution in [0.1, 0.15) is 17.2 Å². The predicted octanol–water partition coefficient (Wildman–Crippen LogP) is 3.34. The van der Waals surface area contributed by atoms with E-state index in [2.05, 4.69) is 0 Å². The van der Waals surface area contributed by atoms with Gasteiger partial charge in [0.2, 0.25) is 5.91 Å². The number of hydrogen-bond donors (Lipinski definition) is 1. The van der Waals surface area contributed by atoms with Crippen molar-refractivity contribution >= 4 is 29.3 Å². The van der Waals surface area contributed by atoms with Crippen molar-refractivity contribution in [2.75, 3.05) is 11.4 Å². The Balaban J connectivity index is 2.00. The molecule has 1 aliphatic rings. The first-order valence-electron chi connectivity index (χ1n) is 6.98. The van der Waals surface area contributed by atoms with Gasteiger partial charge in [0, 0.05) is 16.6 Å². The average molecular weight is 313 g/mol. The SMILES string of the molecule is O=C(O)CN1C(=O)C[C@@H](c2ccccc2)Sc2ccccc21. The number of carboxylic acids is 1. The van der Waals surface area contributed by atoms with Crippen LogP contribution in [0.4, 0.5) is 5.69 Å². The Morgan fingerprint density at radius 2 is 1.82 bits per heavy atom. The van der Waals surface area contributed by atoms with Gasteiger partial charge >= 0.3 is 5.97 Å². The molecule has 2 aromatic carbocycles. The number of benzene rings is 2. The molecule has 0 aromatic heterocycles. The van der Waals surface area contributed by atoms with Crippen molar-refractivity contribution in [3.8, 4) is 0 Å². The normalized spacial score (nSPS) is 17.7. The molecular weight excluding hydrogens is 298 g/mol. The maximum atomic E-state index is 12.5. The maximum Gasteiger partial charge on any atom is 0.323 e. The highest BCUT2D eigenvalue weighted by Crippen LogP contribution is 2.45. The molecule has 0 bridgehead atoms. The van der Waals surface area contributed by atoms with E-state index >= 15 is 0 Å². The fourth-order valence-electron chi connectivity index (χ4n) is 2.54. The fourth-order valence-corrected chi connectivity index (χ4v) is 3.82. The van der Waals surface area contributed by atoms with Crippen LogP contribution in [0, 0.1) is 0 Å². The molecule has 0 saturated heterocycles. The molecule has 0 unspecified atom stereocenters. The number of aliphatic carboxylic acids is 1. The van der Waals surface area contributed by atoms with Crippen LogP contribution in [0.5, 0.6) is 0 Å². The van der Waals surface area contributed by atoms with E-state index in [0.29, 0.717) is 5.69 Å². The zero-order valence-corrected chi connectivity index (χ0v) is 12.6. The zero-order chi connectivity index (χ0) is 15.5. The van der Waals surface area contributed by atoms with Crippen molar-refractivity contribution in [1.82, 2.24) is 0 Å². The Hall–Kier alpha value is -2.27. The van der Waals surface area contributed by atoms with Crippen LogP contribution in [-0.2, 0) is 9.59 Å². The van der Waals surface area contributed by atoms with Crippen molar-refractivity contribution in [3.63, 3.8) is 0 Å². The lowest BCUT2D eigenvalue weighted by atomic mass is 10.1. The van der Waals surface area contributed by atoms with Crippen molar-refractivity contribution in [1.29, 1.82) is 0 Å². The third-order valence-corrected chi connectivity index (χ3v) is 4.87. The Kier molecular flexibility index (Phi) is 4.15. The maximum absolute atomic E-state index is 12.5. The van der Waals surface area contributed by atoms with Gasteiger partial charge in [0.1, 0.15) is 6.54 Å². The summed E-state index contributed by atoms with van der Waals surface area (Å²) in [7, 11) is 0. The molecule has 2 aromatic rings. The second kappa shape index (κ2) is 6.23. The van der Waals surface area contributed by atoms with Crippen LogP contribution in [-0.4, -0.2) is 23.5 Å². The number of fused-ring (bicyclic) bond motifs is 1. The minimum absolute atomic E-state index is 0.00588. The highest BCUT2D eigenvalue weighted by molar-refractivity contribution is 7.99. The van der Waals surface area contributed by atoms with E-state index in [0.717, 1.165) is 10.5 Å². The minimum atomic E-state index is -1.01. The number of nitrogens with zero attached hydrogens (tertiary/aromatic N) is 1. The van der Waals surface area contributed by atoms with Crippen LogP contribution < -0.4 is 4.90 Å². The zero-order valence-electron chi connectivity index (χ0n) is 11.8. The number of rotatable bonds is 3. The summed E-state index contributed by atoms with van der Waals surface area (Å²) >= 11 is 1.61. The smallest absolute Gasteiger partial charge is 0.323 e. The Morgan fingerprint density at radius 1 is 1.14 bits per heavy atom. The Bertz CT molecular complexity index is 702. The molecule has 1 N–H and O–H groups in total. The van der Waals surface area contributed by atoms with E-state index in [-0.39, 0.29) is 24.1 Å². The standard InChI is InChI=1S/C17H15NO3S/c19-16-10-15(12-6-2-1-3-7-12)22-14-9-5-4-8-13(14)18(16)11-17(20)21/h1-9,15H,10-11H2,(H,20,21)/t15-/m0/s1. The minimum Gasteiger partial charge on any atom is -0.480 e. The van der Waals surface area contributed by atoms with Gasteiger partial charge in [0.25, 0.3) is 0 Å². The predicted molar refractivity (Wildman–Crippen MR) is 86.1 cm³/mol. The molecule has 0 spiro atoms. The van der Waals surface area contributed by atoms with Crippen LogP contribution in [0.15, 0.2) is 59.5 Å². The van der Waals surface area contributed by atoms with Crippen molar-refractivity contribution < 1.29 is 14.7 Å². The molecular formula is C17H15NO3S. The number of anilines is 1. The van der Waals surface area contributed by atoms with E-state index in [9.17, 15) is 9.59 Å². The van der Waals surface area contributed by atoms with Gasteiger partial charge in [-0.25, -0.2) is 0 Å². The summed E-state index contributed by atoms with van der Waals surface area (Å²) in [5.74, 6) is -1.17. The van der Waals surface area contributed by atoms with Gasteiger partial charge in [0.15, 0.2) is 0 Å². The van der Waals surface area contributed by atoms with Gasteiger partial charge in [-0.2, -0.15) is 0 Å². The third-order valence-electron chi connectivity index (χ3n) is 3.55. The number of carbonyl (C=O) groups is 2. The first-order chi connectivity index (χ1) is 10.6. The molecule has 5 heteroatoms. The summed E-state index contributed by atoms with van der Waals surface area (Å²) < 4.78 is 0. The van der Waals surface area contributed by atoms with Crippen LogP contribution >= 0.6 is 11.8 Å². The van der Waals surface area contributed by atoms with E-state index < -0.39 is 5.97 Å². The molecule has 0 fully saturated rings. The van der Waals surface area contributed by atoms with E-state index in [1.807, 2.05) is 48.5 Å². The monoisotopic (exact) mass is 313 g/mol. The fraction of sp³-hybridized carbons (Fsp3) is 0.176. The summed E-state index contributed by atoms with van der Waals surface area (Å²) in [6, 6.07) is 17.3. The number of hydrogen-bond acceptors (Lipinski definition) is 3. The molecule has 112 valence electrons. The second-order valence-corrected chi connectivity index (χ2v) is 6.31. The summed E-state index contributed by atoms with van der Waals surface area (Å²) in [6.45, 7) is -0.308. The quantitative estimate of drug-likeness (QED) is 0.944. The summed E-state index contributed by atoms with van der Waals surface area (Å²) in [5, 5.41) is 9.08. The molecule has 3 rings (SSSR count). The van der Waals surface area contributed by atoms with E-state index in [1.54, 1.807) is 17.8 Å². The van der Waals surface area contributed by atoms with E-state index in [1.165, 1.54) is 4.90 Å². The second-order valence-electron chi connectivity index (χ2n) is 5.06. The molecule has 0 saturated carbocycles. The number of amides is 1. The van der Waals surface area contributed by atoms with Gasteiger partial charge in [-0.05, 0) is 17.7 Å². The summed E-state index contributed by atoms with van der Waals surface area (Å²) in [4.78, 5) is 25.9. The molecule has 1 amide bonds. The summed E-state index contributed by atoms with van der Waals surface area (Å²) in [5.41, 5.74) is 1.76. The van der Waals surface area contributed by atoms with Crippen molar-refractivity contribution in [2.24, 2.45) is 0 Å². The number of para-hydroxylation sites is 1. The topological polar surface area (TPSA) is 57.6 Å². The molecule has 1 heterocycles. The number of carboxylic acid groups (broad SMARTS) is 1. The largest absolute Gasteiger partial charge is 0.480 e. The highest BCUT2D eigenvalue weighted by atomic mass is 32.2. The van der Waals surface area contributed by atoms with Crippen LogP contribution in [0.25, 0.3) is 0 Å². The summed E-state index contributed by atoms with van der Waals surface area (Å²) in [6.07, 6.45) is 0.288. The first kappa shape index (κ1) is 14.7. The lowest BCUT2D eigenvalue weighted by Gasteiger charge is -2.20. The Labute approximate surface area is 132 Å². The molecule has 1 atom stereocenters. The first-order valence-corrected chi connectivity index (χ1v) is 7.86. The van der Waals surface area contributed by atoms with Gasteiger partial charge in [-0.3, -0.25) is 9.59 Å². The average Bonchev–Trinajstić information content (AvgIpc) is 2.66. The van der Waals surface area contributed by atoms with Crippen LogP contribution in [0.3, 0.4) is 0 Å². The Morgan fingerprint density at radius 3 is 2.55 bits per heavy atom. The van der Waals surface area contributed by atoms with Crippen molar-refractivity contribution in [3.05, 3.63) is 60.2 Å². The van der Waals surface area contributed by atoms with Gasteiger partial charge in [0.05, 0.1) is 5.69 Å². The lowest BCUT2D eigenvalue weighted by molar-refractivity contribution is -0.136. The number of carbonyl (C=O) groups excluding carboxylic acids is 1. The molecule has 4 nitrogen and oxygen atoms in total. The molecule has 0 aliphatic carbocycles. The third kappa shape index (κ3) is 2.99. The van der Waals surface area contributed by atoms with E-state index in [4.69, 9.17) is 5.11 Å². The number of thioether (sulfide) groups is 1. The highest BCUT2D eigenvalue weighted by Gasteiger charge is 2.30. The van der Waals surface area contributed by atoms with Gasteiger partial charge in [-0.15, -0.1) is 11.8 Å². The van der Waals surface area contributed by atoms with Gasteiger partial charge in [-0.1, -0.05) is 42.5 Å². The van der Waals surface area contributed by atoms with Crippen molar-refractivity contribution in [2.45, 2.75) is 16.6 Å². The molecule has 0 radical (unpaired) electrons.